The zero-order chi connectivity index (χ0) is 53.4. The van der Waals surface area contributed by atoms with Crippen LogP contribution in [0.25, 0.3) is 105 Å². The van der Waals surface area contributed by atoms with Crippen LogP contribution in [0.15, 0.2) is 174 Å². The molecule has 0 saturated carbocycles. The van der Waals surface area contributed by atoms with Crippen molar-refractivity contribution in [3.05, 3.63) is 210 Å². The molecule has 0 bridgehead atoms. The summed E-state index contributed by atoms with van der Waals surface area (Å²) in [6.07, 6.45) is 1.85. The summed E-state index contributed by atoms with van der Waals surface area (Å²) in [6.45, 7) is 16.9. The molecule has 0 aliphatic carbocycles. The summed E-state index contributed by atoms with van der Waals surface area (Å²) >= 11 is 0. The van der Waals surface area contributed by atoms with Crippen LogP contribution in [0.3, 0.4) is 0 Å². The van der Waals surface area contributed by atoms with E-state index in [2.05, 4.69) is 185 Å². The second kappa shape index (κ2) is 19.7. The minimum absolute atomic E-state index is 0. The third-order valence-corrected chi connectivity index (χ3v) is 14.2. The number of furan rings is 1. The van der Waals surface area contributed by atoms with Gasteiger partial charge in [-0.3, -0.25) is 4.98 Å². The first-order valence-corrected chi connectivity index (χ1v) is 25.1. The molecule has 12 rings (SSSR count). The molecule has 365 valence electrons. The SMILES string of the molecule is [2H]C(C)(C)c1cnc(-c2[c-]cccc2)cc1C(C)(C)C.[2H]C([2H])([2H])c1c[c-]c(-c2nc3ccc4ccccc4c3n2-c2c(C(C)C)cc(-c3ccccc3)cc2C(C)C)c2oc3cc4ccc5ccccc5c4cc3c12.[Ir]. The average molecular weight is 1130 g/mol. The van der Waals surface area contributed by atoms with Gasteiger partial charge in [0.15, 0.2) is 0 Å². The molecule has 0 aliphatic heterocycles. The Kier molecular flexibility index (Phi) is 12.0. The molecule has 3 aromatic heterocycles. The van der Waals surface area contributed by atoms with E-state index in [1.54, 1.807) is 6.07 Å². The van der Waals surface area contributed by atoms with Crippen molar-refractivity contribution in [1.29, 1.82) is 0 Å². The Labute approximate surface area is 449 Å². The van der Waals surface area contributed by atoms with E-state index < -0.39 is 12.7 Å². The molecular formula is C68H61IrN3O-2. The van der Waals surface area contributed by atoms with Crippen LogP contribution >= 0.6 is 0 Å². The van der Waals surface area contributed by atoms with Crippen molar-refractivity contribution in [2.75, 3.05) is 0 Å². The van der Waals surface area contributed by atoms with Gasteiger partial charge in [-0.25, -0.2) is 0 Å². The monoisotopic (exact) mass is 1130 g/mol. The van der Waals surface area contributed by atoms with E-state index in [9.17, 15) is 0 Å². The van der Waals surface area contributed by atoms with Crippen LogP contribution in [-0.4, -0.2) is 14.5 Å². The van der Waals surface area contributed by atoms with Gasteiger partial charge in [0.1, 0.15) is 5.58 Å². The smallest absolute Gasteiger partial charge is 0.121 e. The Morgan fingerprint density at radius 1 is 0.630 bits per heavy atom. The number of hydrogen-bond donors (Lipinski definition) is 0. The number of benzene rings is 9. The van der Waals surface area contributed by atoms with Crippen LogP contribution in [0.2, 0.25) is 0 Å². The number of nitrogens with zero attached hydrogens (tertiary/aromatic N) is 3. The van der Waals surface area contributed by atoms with Gasteiger partial charge in [-0.15, -0.1) is 53.6 Å². The number of aromatic nitrogens is 3. The molecule has 0 atom stereocenters. The van der Waals surface area contributed by atoms with Gasteiger partial charge in [-0.2, -0.15) is 0 Å². The number of rotatable bonds is 7. The first-order chi connectivity index (χ1) is 36.3. The molecule has 3 heterocycles. The Morgan fingerprint density at radius 3 is 1.96 bits per heavy atom. The Hall–Kier alpha value is -7.17. The topological polar surface area (TPSA) is 43.9 Å². The van der Waals surface area contributed by atoms with Crippen molar-refractivity contribution < 1.29 is 30.0 Å². The molecule has 1 radical (unpaired) electrons. The largest absolute Gasteiger partial charge is 0.501 e. The summed E-state index contributed by atoms with van der Waals surface area (Å²) < 4.78 is 43.6. The molecule has 0 spiro atoms. The summed E-state index contributed by atoms with van der Waals surface area (Å²) in [5.41, 5.74) is 13.6. The number of hydrogen-bond acceptors (Lipinski definition) is 3. The van der Waals surface area contributed by atoms with Crippen molar-refractivity contribution in [1.82, 2.24) is 14.5 Å². The summed E-state index contributed by atoms with van der Waals surface area (Å²) in [5.74, 6) is 0.349. The van der Waals surface area contributed by atoms with E-state index in [4.69, 9.17) is 14.9 Å². The van der Waals surface area contributed by atoms with Gasteiger partial charge in [0, 0.05) is 48.2 Å². The van der Waals surface area contributed by atoms with Crippen molar-refractivity contribution in [2.45, 2.75) is 92.3 Å². The van der Waals surface area contributed by atoms with Crippen LogP contribution in [0.1, 0.15) is 113 Å². The minimum atomic E-state index is -2.41. The Balaban J connectivity index is 0.000000271. The van der Waals surface area contributed by atoms with Crippen molar-refractivity contribution in [3.8, 4) is 39.5 Å². The number of fused-ring (bicyclic) bond motifs is 9. The fourth-order valence-corrected chi connectivity index (χ4v) is 10.5. The molecule has 0 aliphatic rings. The van der Waals surface area contributed by atoms with Crippen LogP contribution in [-0.2, 0) is 25.5 Å². The van der Waals surface area contributed by atoms with Crippen LogP contribution in [0.4, 0.5) is 0 Å². The van der Waals surface area contributed by atoms with Crippen LogP contribution < -0.4 is 0 Å². The van der Waals surface area contributed by atoms with Gasteiger partial charge in [0.2, 0.25) is 0 Å². The van der Waals surface area contributed by atoms with E-state index in [1.807, 2.05) is 62.5 Å². The van der Waals surface area contributed by atoms with E-state index in [1.165, 1.54) is 27.8 Å². The van der Waals surface area contributed by atoms with Gasteiger partial charge < -0.3 is 14.0 Å². The van der Waals surface area contributed by atoms with Gasteiger partial charge in [0.05, 0.1) is 22.4 Å². The fraction of sp³-hybridized carbons (Fsp3) is 0.206. The second-order valence-corrected chi connectivity index (χ2v) is 21.0. The van der Waals surface area contributed by atoms with Crippen molar-refractivity contribution in [2.24, 2.45) is 0 Å². The molecule has 0 unspecified atom stereocenters. The van der Waals surface area contributed by atoms with Gasteiger partial charge in [0.25, 0.3) is 0 Å². The number of aryl methyl sites for hydroxylation is 1. The quantitative estimate of drug-likeness (QED) is 0.118. The molecule has 9 aromatic carbocycles. The predicted molar refractivity (Wildman–Crippen MR) is 305 cm³/mol. The maximum Gasteiger partial charge on any atom is 0.121 e. The number of imidazole rings is 1. The van der Waals surface area contributed by atoms with Crippen LogP contribution in [0.5, 0.6) is 0 Å². The van der Waals surface area contributed by atoms with Crippen molar-refractivity contribution in [3.63, 3.8) is 0 Å². The average Bonchev–Trinajstić information content (AvgIpc) is 4.05. The van der Waals surface area contributed by atoms with E-state index in [0.717, 1.165) is 71.2 Å². The maximum atomic E-state index is 8.69. The van der Waals surface area contributed by atoms with Crippen LogP contribution in [0, 0.1) is 19.0 Å². The van der Waals surface area contributed by atoms with Crippen molar-refractivity contribution >= 4 is 65.3 Å². The molecule has 0 N–H and O–H groups in total. The zero-order valence-corrected chi connectivity index (χ0v) is 45.3. The predicted octanol–water partition coefficient (Wildman–Crippen LogP) is 19.0. The summed E-state index contributed by atoms with van der Waals surface area (Å²) in [5, 5.41) is 7.82. The van der Waals surface area contributed by atoms with E-state index in [-0.39, 0.29) is 42.9 Å². The molecule has 0 saturated heterocycles. The molecule has 73 heavy (non-hydrogen) atoms. The molecule has 0 fully saturated rings. The summed E-state index contributed by atoms with van der Waals surface area (Å²) in [4.78, 5) is 9.97. The standard InChI is InChI=1S/C50H39N2O.C18H22N.Ir/c1-29(2)40-25-36(32-13-7-6-8-14-32)26-41(30(3)4)47(40)52-48-38-18-12-10-16-34(38)22-24-44(48)51-50(52)39-23-19-31(5)46-43-28-42-35(27-45(43)53-49(39)46)21-20-33-15-9-11-17-37(33)42;1-13(2)15-12-19-17(11-16(15)18(3,4)5)14-9-7-6-8-10-14;/h6-22,24-30H,1-5H3;6-9,11-13H,1-5H3;/q2*-1;/i5D3;13D;. The summed E-state index contributed by atoms with van der Waals surface area (Å²) in [6, 6.07) is 62.8. The summed E-state index contributed by atoms with van der Waals surface area (Å²) in [7, 11) is 0. The minimum Gasteiger partial charge on any atom is -0.501 e. The molecule has 4 nitrogen and oxygen atoms in total. The molecule has 5 heteroatoms. The molecule has 0 amide bonds. The Morgan fingerprint density at radius 2 is 1.29 bits per heavy atom. The Bertz CT molecular complexity index is 4150. The maximum absolute atomic E-state index is 8.69. The first-order valence-electron chi connectivity index (χ1n) is 27.1. The van der Waals surface area contributed by atoms with E-state index in [0.29, 0.717) is 27.9 Å². The zero-order valence-electron chi connectivity index (χ0n) is 46.9. The van der Waals surface area contributed by atoms with Gasteiger partial charge in [-0.1, -0.05) is 183 Å². The molecule has 12 aromatic rings. The number of pyridine rings is 1. The molecular weight excluding hydrogens is 1070 g/mol. The van der Waals surface area contributed by atoms with Gasteiger partial charge >= 0.3 is 0 Å². The fourth-order valence-electron chi connectivity index (χ4n) is 10.5. The first kappa shape index (κ1) is 44.5. The second-order valence-electron chi connectivity index (χ2n) is 21.0. The third kappa shape index (κ3) is 8.98. The van der Waals surface area contributed by atoms with Gasteiger partial charge in [-0.05, 0) is 119 Å². The van der Waals surface area contributed by atoms with E-state index >= 15 is 0 Å². The normalized spacial score (nSPS) is 13.1. The third-order valence-electron chi connectivity index (χ3n) is 14.2.